The third-order valence-electron chi connectivity index (χ3n) is 4.31. The smallest absolute Gasteiger partial charge is 0.335 e. The van der Waals surface area contributed by atoms with Gasteiger partial charge in [-0.05, 0) is 49.2 Å². The number of benzene rings is 2. The molecule has 0 spiro atoms. The van der Waals surface area contributed by atoms with E-state index < -0.39 is 5.97 Å². The van der Waals surface area contributed by atoms with E-state index in [1.165, 1.54) is 12.1 Å². The number of carbonyl (C=O) groups is 3. The van der Waals surface area contributed by atoms with E-state index in [1.807, 2.05) is 6.07 Å². The first-order valence-corrected chi connectivity index (χ1v) is 8.61. The van der Waals surface area contributed by atoms with Crippen molar-refractivity contribution in [3.8, 4) is 5.75 Å². The van der Waals surface area contributed by atoms with Crippen LogP contribution < -0.4 is 15.0 Å². The molecule has 2 amide bonds. The molecule has 0 saturated carbocycles. The SMILES string of the molecule is Cc1cc(NC(=O)COc2cccc(N3CCCC3=O)c2)ccc1C(=O)O. The average Bonchev–Trinajstić information content (AvgIpc) is 3.06. The van der Waals surface area contributed by atoms with Crippen LogP contribution in [0.3, 0.4) is 0 Å². The minimum atomic E-state index is -1.01. The van der Waals surface area contributed by atoms with Gasteiger partial charge < -0.3 is 20.1 Å². The molecule has 0 atom stereocenters. The minimum Gasteiger partial charge on any atom is -0.484 e. The Labute approximate surface area is 156 Å². The van der Waals surface area contributed by atoms with Gasteiger partial charge in [-0.2, -0.15) is 0 Å². The third kappa shape index (κ3) is 4.44. The highest BCUT2D eigenvalue weighted by Crippen LogP contribution is 2.25. The highest BCUT2D eigenvalue weighted by molar-refractivity contribution is 5.96. The summed E-state index contributed by atoms with van der Waals surface area (Å²) in [5.41, 5.74) is 2.01. The predicted molar refractivity (Wildman–Crippen MR) is 100 cm³/mol. The zero-order valence-corrected chi connectivity index (χ0v) is 14.9. The lowest BCUT2D eigenvalue weighted by molar-refractivity contribution is -0.118. The van der Waals surface area contributed by atoms with Crippen LogP contribution in [-0.2, 0) is 9.59 Å². The van der Waals surface area contributed by atoms with Gasteiger partial charge >= 0.3 is 5.97 Å². The molecular weight excluding hydrogens is 348 g/mol. The maximum atomic E-state index is 12.1. The van der Waals surface area contributed by atoms with Crippen LogP contribution in [0.2, 0.25) is 0 Å². The second-order valence-corrected chi connectivity index (χ2v) is 6.32. The number of nitrogens with one attached hydrogen (secondary N) is 1. The Hall–Kier alpha value is -3.35. The maximum absolute atomic E-state index is 12.1. The van der Waals surface area contributed by atoms with Crippen LogP contribution in [0.15, 0.2) is 42.5 Å². The van der Waals surface area contributed by atoms with E-state index in [2.05, 4.69) is 5.32 Å². The predicted octanol–water partition coefficient (Wildman–Crippen LogP) is 2.84. The Morgan fingerprint density at radius 1 is 1.22 bits per heavy atom. The van der Waals surface area contributed by atoms with Gasteiger partial charge in [0.1, 0.15) is 5.75 Å². The number of rotatable bonds is 6. The number of ether oxygens (including phenoxy) is 1. The van der Waals surface area contributed by atoms with Crippen LogP contribution in [0, 0.1) is 6.92 Å². The van der Waals surface area contributed by atoms with Gasteiger partial charge in [-0.3, -0.25) is 9.59 Å². The summed E-state index contributed by atoms with van der Waals surface area (Å²) in [5, 5.41) is 11.7. The molecule has 0 bridgehead atoms. The molecule has 2 N–H and O–H groups in total. The van der Waals surface area contributed by atoms with Crippen LogP contribution in [0.25, 0.3) is 0 Å². The molecule has 2 aromatic rings. The number of amides is 2. The summed E-state index contributed by atoms with van der Waals surface area (Å²) in [4.78, 5) is 36.7. The molecule has 1 aliphatic rings. The van der Waals surface area contributed by atoms with E-state index in [1.54, 1.807) is 36.1 Å². The van der Waals surface area contributed by atoms with Crippen molar-refractivity contribution in [2.75, 3.05) is 23.4 Å². The van der Waals surface area contributed by atoms with E-state index in [0.29, 0.717) is 30.0 Å². The van der Waals surface area contributed by atoms with Crippen molar-refractivity contribution in [3.63, 3.8) is 0 Å². The molecule has 1 aliphatic heterocycles. The Morgan fingerprint density at radius 2 is 2.04 bits per heavy atom. The van der Waals surface area contributed by atoms with Crippen molar-refractivity contribution >= 4 is 29.2 Å². The van der Waals surface area contributed by atoms with E-state index in [4.69, 9.17) is 9.84 Å². The number of anilines is 2. The molecule has 140 valence electrons. The van der Waals surface area contributed by atoms with Gasteiger partial charge in [0.15, 0.2) is 6.61 Å². The number of carboxylic acids is 1. The number of carbonyl (C=O) groups excluding carboxylic acids is 2. The molecule has 0 aromatic heterocycles. The minimum absolute atomic E-state index is 0.0880. The molecule has 2 aromatic carbocycles. The fraction of sp³-hybridized carbons (Fsp3) is 0.250. The Bertz CT molecular complexity index is 894. The Balaban J connectivity index is 1.59. The number of hydrogen-bond acceptors (Lipinski definition) is 4. The van der Waals surface area contributed by atoms with E-state index >= 15 is 0 Å². The average molecular weight is 368 g/mol. The normalized spacial score (nSPS) is 13.5. The zero-order valence-electron chi connectivity index (χ0n) is 14.9. The molecule has 1 saturated heterocycles. The number of carboxylic acid groups (broad SMARTS) is 1. The van der Waals surface area contributed by atoms with Crippen molar-refractivity contribution in [2.24, 2.45) is 0 Å². The van der Waals surface area contributed by atoms with Crippen LogP contribution in [0.5, 0.6) is 5.75 Å². The standard InChI is InChI=1S/C20H20N2O5/c1-13-10-14(7-8-17(13)20(25)26)21-18(23)12-27-16-5-2-4-15(11-16)22-9-3-6-19(22)24/h2,4-5,7-8,10-11H,3,6,9,12H2,1H3,(H,21,23)(H,25,26). The summed E-state index contributed by atoms with van der Waals surface area (Å²) in [6, 6.07) is 11.7. The summed E-state index contributed by atoms with van der Waals surface area (Å²) in [7, 11) is 0. The fourth-order valence-corrected chi connectivity index (χ4v) is 2.99. The van der Waals surface area contributed by atoms with Gasteiger partial charge in [0.25, 0.3) is 5.91 Å². The topological polar surface area (TPSA) is 95.9 Å². The number of hydrogen-bond donors (Lipinski definition) is 2. The van der Waals surface area contributed by atoms with Gasteiger partial charge in [-0.1, -0.05) is 6.07 Å². The van der Waals surface area contributed by atoms with Gasteiger partial charge in [-0.25, -0.2) is 4.79 Å². The van der Waals surface area contributed by atoms with Crippen molar-refractivity contribution < 1.29 is 24.2 Å². The molecule has 7 nitrogen and oxygen atoms in total. The highest BCUT2D eigenvalue weighted by Gasteiger charge is 2.21. The van der Waals surface area contributed by atoms with Crippen molar-refractivity contribution in [3.05, 3.63) is 53.6 Å². The lowest BCUT2D eigenvalue weighted by Gasteiger charge is -2.16. The van der Waals surface area contributed by atoms with E-state index in [0.717, 1.165) is 12.1 Å². The highest BCUT2D eigenvalue weighted by atomic mass is 16.5. The Kier molecular flexibility index (Phi) is 5.40. The lowest BCUT2D eigenvalue weighted by Crippen LogP contribution is -2.24. The molecule has 0 unspecified atom stereocenters. The third-order valence-corrected chi connectivity index (χ3v) is 4.31. The summed E-state index contributed by atoms with van der Waals surface area (Å²) in [6.45, 7) is 2.16. The molecule has 3 rings (SSSR count). The molecular formula is C20H20N2O5. The molecule has 27 heavy (non-hydrogen) atoms. The molecule has 0 aliphatic carbocycles. The van der Waals surface area contributed by atoms with Crippen molar-refractivity contribution in [1.82, 2.24) is 0 Å². The summed E-state index contributed by atoms with van der Waals surface area (Å²) in [6.07, 6.45) is 1.39. The summed E-state index contributed by atoms with van der Waals surface area (Å²) < 4.78 is 5.52. The monoisotopic (exact) mass is 368 g/mol. The van der Waals surface area contributed by atoms with Gasteiger partial charge in [0.05, 0.1) is 5.56 Å². The number of aryl methyl sites for hydroxylation is 1. The quantitative estimate of drug-likeness (QED) is 0.817. The second kappa shape index (κ2) is 7.90. The molecule has 0 radical (unpaired) electrons. The molecule has 1 heterocycles. The first-order chi connectivity index (χ1) is 12.9. The zero-order chi connectivity index (χ0) is 19.4. The first kappa shape index (κ1) is 18.4. The molecule has 1 fully saturated rings. The van der Waals surface area contributed by atoms with E-state index in [9.17, 15) is 14.4 Å². The van der Waals surface area contributed by atoms with Gasteiger partial charge in [0.2, 0.25) is 5.91 Å². The largest absolute Gasteiger partial charge is 0.484 e. The van der Waals surface area contributed by atoms with Crippen molar-refractivity contribution in [2.45, 2.75) is 19.8 Å². The van der Waals surface area contributed by atoms with Crippen LogP contribution in [-0.4, -0.2) is 36.0 Å². The second-order valence-electron chi connectivity index (χ2n) is 6.32. The van der Waals surface area contributed by atoms with Crippen LogP contribution >= 0.6 is 0 Å². The summed E-state index contributed by atoms with van der Waals surface area (Å²) in [5.74, 6) is -0.782. The molecule has 7 heteroatoms. The lowest BCUT2D eigenvalue weighted by atomic mass is 10.1. The van der Waals surface area contributed by atoms with Gasteiger partial charge in [-0.15, -0.1) is 0 Å². The maximum Gasteiger partial charge on any atom is 0.335 e. The number of aromatic carboxylic acids is 1. The van der Waals surface area contributed by atoms with Crippen molar-refractivity contribution in [1.29, 1.82) is 0 Å². The van der Waals surface area contributed by atoms with E-state index in [-0.39, 0.29) is 24.0 Å². The van der Waals surface area contributed by atoms with Gasteiger partial charge in [0, 0.05) is 30.4 Å². The number of nitrogens with zero attached hydrogens (tertiary/aromatic N) is 1. The fourth-order valence-electron chi connectivity index (χ4n) is 2.99. The van der Waals surface area contributed by atoms with Crippen LogP contribution in [0.4, 0.5) is 11.4 Å². The van der Waals surface area contributed by atoms with Crippen LogP contribution in [0.1, 0.15) is 28.8 Å². The summed E-state index contributed by atoms with van der Waals surface area (Å²) >= 11 is 0. The Morgan fingerprint density at radius 3 is 2.70 bits per heavy atom. The first-order valence-electron chi connectivity index (χ1n) is 8.61.